The third kappa shape index (κ3) is 4.03. The second kappa shape index (κ2) is 7.44. The smallest absolute Gasteiger partial charge is 0.299 e. The molecule has 1 aliphatic rings. The second-order valence-corrected chi connectivity index (χ2v) is 6.68. The SMILES string of the molecule is O=C(C[C@@H](c1ccc(C(F)(F)F)cc1)[C@@H]1CCCC1=O)c1ccccc1. The highest BCUT2D eigenvalue weighted by atomic mass is 19.4. The molecule has 0 radical (unpaired) electrons. The minimum absolute atomic E-state index is 0.0933. The predicted octanol–water partition coefficient (Wildman–Crippen LogP) is 5.43. The molecule has 0 unspecified atom stereocenters. The molecule has 0 spiro atoms. The van der Waals surface area contributed by atoms with Gasteiger partial charge in [0.2, 0.25) is 0 Å². The molecule has 1 aliphatic carbocycles. The summed E-state index contributed by atoms with van der Waals surface area (Å²) in [5.41, 5.74) is 0.435. The first-order valence-corrected chi connectivity index (χ1v) is 8.64. The van der Waals surface area contributed by atoms with Crippen LogP contribution in [0.1, 0.15) is 53.1 Å². The molecule has 0 N–H and O–H groups in total. The van der Waals surface area contributed by atoms with Crippen molar-refractivity contribution in [1.82, 2.24) is 0 Å². The van der Waals surface area contributed by atoms with Crippen LogP contribution in [0.2, 0.25) is 0 Å². The van der Waals surface area contributed by atoms with E-state index in [9.17, 15) is 22.8 Å². The fourth-order valence-corrected chi connectivity index (χ4v) is 3.62. The van der Waals surface area contributed by atoms with Crippen LogP contribution in [-0.4, -0.2) is 11.6 Å². The van der Waals surface area contributed by atoms with Crippen LogP contribution >= 0.6 is 0 Å². The van der Waals surface area contributed by atoms with Crippen LogP contribution in [0.25, 0.3) is 0 Å². The molecule has 0 bridgehead atoms. The van der Waals surface area contributed by atoms with Gasteiger partial charge in [0.25, 0.3) is 0 Å². The Bertz CT molecular complexity index is 779. The summed E-state index contributed by atoms with van der Waals surface area (Å²) in [4.78, 5) is 24.9. The van der Waals surface area contributed by atoms with E-state index in [2.05, 4.69) is 0 Å². The number of rotatable bonds is 5. The summed E-state index contributed by atoms with van der Waals surface area (Å²) in [6.45, 7) is 0. The van der Waals surface area contributed by atoms with Crippen LogP contribution in [0.3, 0.4) is 0 Å². The molecule has 3 rings (SSSR count). The van der Waals surface area contributed by atoms with Crippen molar-refractivity contribution in [3.8, 4) is 0 Å². The first kappa shape index (κ1) is 18.4. The fraction of sp³-hybridized carbons (Fsp3) is 0.333. The van der Waals surface area contributed by atoms with E-state index in [0.29, 0.717) is 24.0 Å². The monoisotopic (exact) mass is 360 g/mol. The second-order valence-electron chi connectivity index (χ2n) is 6.68. The van der Waals surface area contributed by atoms with E-state index >= 15 is 0 Å². The maximum Gasteiger partial charge on any atom is 0.416 e. The maximum atomic E-state index is 12.8. The zero-order chi connectivity index (χ0) is 18.7. The largest absolute Gasteiger partial charge is 0.416 e. The van der Waals surface area contributed by atoms with Crippen LogP contribution in [0.15, 0.2) is 54.6 Å². The average Bonchev–Trinajstić information content (AvgIpc) is 3.05. The molecule has 136 valence electrons. The molecular formula is C21H19F3O2. The highest BCUT2D eigenvalue weighted by molar-refractivity contribution is 5.97. The number of ketones is 2. The lowest BCUT2D eigenvalue weighted by Crippen LogP contribution is -2.20. The Kier molecular flexibility index (Phi) is 5.25. The quantitative estimate of drug-likeness (QED) is 0.666. The Morgan fingerprint density at radius 1 is 1.04 bits per heavy atom. The van der Waals surface area contributed by atoms with Gasteiger partial charge in [0, 0.05) is 30.2 Å². The normalized spacial score (nSPS) is 18.7. The minimum atomic E-state index is -4.41. The van der Waals surface area contributed by atoms with Gasteiger partial charge in [-0.25, -0.2) is 0 Å². The van der Waals surface area contributed by atoms with Gasteiger partial charge in [-0.15, -0.1) is 0 Å². The Labute approximate surface area is 150 Å². The third-order valence-electron chi connectivity index (χ3n) is 5.00. The molecule has 2 nitrogen and oxygen atoms in total. The molecule has 0 amide bonds. The van der Waals surface area contributed by atoms with Crippen molar-refractivity contribution in [2.24, 2.45) is 5.92 Å². The molecule has 2 aromatic rings. The summed E-state index contributed by atoms with van der Waals surface area (Å²) >= 11 is 0. The van der Waals surface area contributed by atoms with E-state index in [1.807, 2.05) is 6.07 Å². The number of carbonyl (C=O) groups excluding carboxylic acids is 2. The molecule has 2 atom stereocenters. The molecule has 0 heterocycles. The van der Waals surface area contributed by atoms with E-state index in [0.717, 1.165) is 18.6 Å². The van der Waals surface area contributed by atoms with Crippen molar-refractivity contribution in [3.05, 3.63) is 71.3 Å². The molecule has 1 saturated carbocycles. The number of alkyl halides is 3. The molecule has 2 aromatic carbocycles. The van der Waals surface area contributed by atoms with Crippen LogP contribution in [-0.2, 0) is 11.0 Å². The van der Waals surface area contributed by atoms with E-state index in [1.54, 1.807) is 24.3 Å². The van der Waals surface area contributed by atoms with Crippen molar-refractivity contribution < 1.29 is 22.8 Å². The lowest BCUT2D eigenvalue weighted by Gasteiger charge is -2.23. The molecule has 0 aromatic heterocycles. The topological polar surface area (TPSA) is 34.1 Å². The van der Waals surface area contributed by atoms with Gasteiger partial charge in [-0.3, -0.25) is 9.59 Å². The standard InChI is InChI=1S/C21H19F3O2/c22-21(23,24)16-11-9-14(10-12-16)18(17-7-4-8-19(17)25)13-20(26)15-5-2-1-3-6-15/h1-3,5-6,9-12,17-18H,4,7-8,13H2/t17-,18-/m0/s1. The first-order valence-electron chi connectivity index (χ1n) is 8.64. The van der Waals surface area contributed by atoms with Crippen molar-refractivity contribution >= 4 is 11.6 Å². The third-order valence-corrected chi connectivity index (χ3v) is 5.00. The molecular weight excluding hydrogens is 341 g/mol. The van der Waals surface area contributed by atoms with E-state index in [1.165, 1.54) is 12.1 Å². The number of halogens is 3. The average molecular weight is 360 g/mol. The van der Waals surface area contributed by atoms with Gasteiger partial charge in [-0.1, -0.05) is 42.5 Å². The number of benzene rings is 2. The minimum Gasteiger partial charge on any atom is -0.299 e. The highest BCUT2D eigenvalue weighted by Gasteiger charge is 2.35. The zero-order valence-corrected chi connectivity index (χ0v) is 14.1. The summed E-state index contributed by atoms with van der Waals surface area (Å²) in [6.07, 6.45) is -2.38. The molecule has 1 fully saturated rings. The van der Waals surface area contributed by atoms with Gasteiger partial charge in [0.15, 0.2) is 5.78 Å². The first-order chi connectivity index (χ1) is 12.4. The van der Waals surface area contributed by atoms with Crippen molar-refractivity contribution in [1.29, 1.82) is 0 Å². The molecule has 26 heavy (non-hydrogen) atoms. The van der Waals surface area contributed by atoms with E-state index in [-0.39, 0.29) is 29.8 Å². The number of carbonyl (C=O) groups is 2. The summed E-state index contributed by atoms with van der Waals surface area (Å²) < 4.78 is 38.4. The summed E-state index contributed by atoms with van der Waals surface area (Å²) in [5.74, 6) is -0.703. The van der Waals surface area contributed by atoms with Gasteiger partial charge in [0.05, 0.1) is 5.56 Å². The van der Waals surface area contributed by atoms with Crippen molar-refractivity contribution in [2.45, 2.75) is 37.8 Å². The van der Waals surface area contributed by atoms with Gasteiger partial charge < -0.3 is 0 Å². The van der Waals surface area contributed by atoms with Crippen LogP contribution in [0.4, 0.5) is 13.2 Å². The van der Waals surface area contributed by atoms with Gasteiger partial charge in [-0.2, -0.15) is 13.2 Å². The highest BCUT2D eigenvalue weighted by Crippen LogP contribution is 2.39. The van der Waals surface area contributed by atoms with Crippen LogP contribution < -0.4 is 0 Å². The molecule has 0 aliphatic heterocycles. The lowest BCUT2D eigenvalue weighted by molar-refractivity contribution is -0.137. The van der Waals surface area contributed by atoms with Gasteiger partial charge in [-0.05, 0) is 30.5 Å². The Hall–Kier alpha value is -2.43. The fourth-order valence-electron chi connectivity index (χ4n) is 3.62. The van der Waals surface area contributed by atoms with Crippen molar-refractivity contribution in [3.63, 3.8) is 0 Å². The number of hydrogen-bond donors (Lipinski definition) is 0. The maximum absolute atomic E-state index is 12.8. The molecule has 0 saturated heterocycles. The van der Waals surface area contributed by atoms with Crippen LogP contribution in [0, 0.1) is 5.92 Å². The zero-order valence-electron chi connectivity index (χ0n) is 14.1. The van der Waals surface area contributed by atoms with Crippen LogP contribution in [0.5, 0.6) is 0 Å². The predicted molar refractivity (Wildman–Crippen MR) is 91.9 cm³/mol. The Morgan fingerprint density at radius 3 is 2.23 bits per heavy atom. The van der Waals surface area contributed by atoms with E-state index < -0.39 is 11.7 Å². The number of Topliss-reactive ketones (excluding diaryl/α,β-unsaturated/α-hetero) is 2. The van der Waals surface area contributed by atoms with E-state index in [4.69, 9.17) is 0 Å². The number of hydrogen-bond acceptors (Lipinski definition) is 2. The van der Waals surface area contributed by atoms with Gasteiger partial charge in [0.1, 0.15) is 5.78 Å². The summed E-state index contributed by atoms with van der Waals surface area (Å²) in [7, 11) is 0. The Morgan fingerprint density at radius 2 is 1.69 bits per heavy atom. The molecule has 5 heteroatoms. The summed E-state index contributed by atoms with van der Waals surface area (Å²) in [6, 6.07) is 13.6. The lowest BCUT2D eigenvalue weighted by atomic mass is 9.80. The summed E-state index contributed by atoms with van der Waals surface area (Å²) in [5, 5.41) is 0. The Balaban J connectivity index is 1.88. The van der Waals surface area contributed by atoms with Crippen molar-refractivity contribution in [2.75, 3.05) is 0 Å². The van der Waals surface area contributed by atoms with Gasteiger partial charge >= 0.3 is 6.18 Å².